The van der Waals surface area contributed by atoms with Gasteiger partial charge in [0, 0.05) is 26.0 Å². The number of rotatable bonds is 7. The Morgan fingerprint density at radius 3 is 2.50 bits per heavy atom. The number of carbonyl (C=O) groups excluding carboxylic acids is 1. The molecule has 0 saturated heterocycles. The summed E-state index contributed by atoms with van der Waals surface area (Å²) in [5.74, 6) is 1.01. The predicted octanol–water partition coefficient (Wildman–Crippen LogP) is 2.67. The molecule has 0 atom stereocenters. The van der Waals surface area contributed by atoms with Crippen LogP contribution in [-0.4, -0.2) is 41.0 Å². The standard InChI is InChI=1S/C24H24N4O4/c1-27-14-18(22-19(15-27)24(30)28(26-22)17-7-5-4-6-8-17)23(29)25-12-11-16-9-10-20(31-2)21(13-16)32-3/h4-10,13-15H,11-12H2,1-3H3,(H,25,29). The molecule has 1 amide bonds. The molecule has 4 rings (SSSR count). The number of nitrogens with zero attached hydrogens (tertiary/aromatic N) is 3. The summed E-state index contributed by atoms with van der Waals surface area (Å²) in [6.45, 7) is 0.415. The number of fused-ring (bicyclic) bond motifs is 1. The average Bonchev–Trinajstić information content (AvgIpc) is 3.15. The van der Waals surface area contributed by atoms with Crippen molar-refractivity contribution in [3.05, 3.63) is 82.4 Å². The van der Waals surface area contributed by atoms with Crippen molar-refractivity contribution in [3.8, 4) is 28.4 Å². The van der Waals surface area contributed by atoms with Gasteiger partial charge in [0.05, 0.1) is 31.0 Å². The number of aromatic nitrogens is 3. The fourth-order valence-corrected chi connectivity index (χ4v) is 3.60. The zero-order valence-corrected chi connectivity index (χ0v) is 18.2. The Hall–Kier alpha value is -4.07. The Balaban J connectivity index is 1.55. The van der Waals surface area contributed by atoms with Crippen molar-refractivity contribution >= 4 is 5.91 Å². The second-order valence-corrected chi connectivity index (χ2v) is 7.35. The van der Waals surface area contributed by atoms with E-state index in [0.29, 0.717) is 47.0 Å². The van der Waals surface area contributed by atoms with Crippen LogP contribution in [-0.2, 0) is 13.5 Å². The Labute approximate surface area is 185 Å². The van der Waals surface area contributed by atoms with Crippen LogP contribution in [0.1, 0.15) is 15.9 Å². The number of nitrogens with one attached hydrogen (secondary N) is 1. The monoisotopic (exact) mass is 432 g/mol. The van der Waals surface area contributed by atoms with E-state index < -0.39 is 0 Å². The molecule has 0 saturated carbocycles. The lowest BCUT2D eigenvalue weighted by Gasteiger charge is -2.11. The smallest absolute Gasteiger partial charge is 0.282 e. The van der Waals surface area contributed by atoms with Crippen LogP contribution in [0.5, 0.6) is 11.5 Å². The molecule has 8 nitrogen and oxygen atoms in total. The first kappa shape index (κ1) is 21.2. The molecule has 0 fully saturated rings. The molecule has 0 spiro atoms. The van der Waals surface area contributed by atoms with E-state index in [1.54, 1.807) is 50.4 Å². The van der Waals surface area contributed by atoms with Gasteiger partial charge in [-0.25, -0.2) is 0 Å². The lowest BCUT2D eigenvalue weighted by Crippen LogP contribution is -2.27. The van der Waals surface area contributed by atoms with Crippen LogP contribution in [0, 0.1) is 0 Å². The van der Waals surface area contributed by atoms with Crippen molar-refractivity contribution in [2.45, 2.75) is 6.42 Å². The van der Waals surface area contributed by atoms with Crippen molar-refractivity contribution in [2.24, 2.45) is 7.05 Å². The zero-order valence-electron chi connectivity index (χ0n) is 18.2. The lowest BCUT2D eigenvalue weighted by molar-refractivity contribution is 0.0953. The minimum absolute atomic E-state index is 0.262. The molecule has 0 unspecified atom stereocenters. The van der Waals surface area contributed by atoms with E-state index in [9.17, 15) is 9.59 Å². The maximum Gasteiger partial charge on any atom is 0.282 e. The third-order valence-electron chi connectivity index (χ3n) is 5.19. The van der Waals surface area contributed by atoms with Crippen molar-refractivity contribution < 1.29 is 14.3 Å². The molecule has 0 radical (unpaired) electrons. The highest BCUT2D eigenvalue weighted by atomic mass is 16.5. The van der Waals surface area contributed by atoms with E-state index in [2.05, 4.69) is 10.4 Å². The fourth-order valence-electron chi connectivity index (χ4n) is 3.60. The highest BCUT2D eigenvalue weighted by Gasteiger charge is 2.23. The Morgan fingerprint density at radius 2 is 1.78 bits per heavy atom. The van der Waals surface area contributed by atoms with Crippen LogP contribution in [0.2, 0.25) is 0 Å². The number of para-hydroxylation sites is 1. The van der Waals surface area contributed by atoms with Gasteiger partial charge in [-0.15, -0.1) is 0 Å². The average molecular weight is 432 g/mol. The Kier molecular flexibility index (Phi) is 5.93. The number of methoxy groups -OCH3 is 2. The van der Waals surface area contributed by atoms with E-state index in [1.807, 2.05) is 36.4 Å². The largest absolute Gasteiger partial charge is 0.493 e. The number of hydrogen-bond donors (Lipinski definition) is 1. The highest BCUT2D eigenvalue weighted by Crippen LogP contribution is 2.27. The number of carbonyl (C=O) groups is 1. The summed E-state index contributed by atoms with van der Waals surface area (Å²) in [6.07, 6.45) is 3.97. The van der Waals surface area contributed by atoms with Crippen molar-refractivity contribution in [1.82, 2.24) is 19.7 Å². The van der Waals surface area contributed by atoms with Crippen molar-refractivity contribution in [2.75, 3.05) is 20.8 Å². The number of hydrogen-bond acceptors (Lipinski definition) is 5. The lowest BCUT2D eigenvalue weighted by atomic mass is 10.1. The predicted molar refractivity (Wildman–Crippen MR) is 121 cm³/mol. The molecule has 0 aliphatic carbocycles. The van der Waals surface area contributed by atoms with E-state index in [1.165, 1.54) is 4.68 Å². The molecule has 1 N–H and O–H groups in total. The van der Waals surface area contributed by atoms with Gasteiger partial charge in [0.25, 0.3) is 11.5 Å². The maximum absolute atomic E-state index is 13.0. The van der Waals surface area contributed by atoms with Gasteiger partial charge in [-0.1, -0.05) is 24.3 Å². The second-order valence-electron chi connectivity index (χ2n) is 7.35. The highest BCUT2D eigenvalue weighted by molar-refractivity contribution is 5.99. The Bertz CT molecular complexity index is 1280. The number of aryl methyl sites for hydroxylation is 1. The normalized spacial score (nSPS) is 10.8. The first-order chi connectivity index (χ1) is 15.5. The van der Waals surface area contributed by atoms with Crippen LogP contribution < -0.4 is 20.3 Å². The molecule has 2 aromatic rings. The van der Waals surface area contributed by atoms with Gasteiger partial charge in [-0.05, 0) is 36.2 Å². The van der Waals surface area contributed by atoms with Crippen LogP contribution in [0.4, 0.5) is 0 Å². The molecule has 8 heteroatoms. The van der Waals surface area contributed by atoms with Crippen LogP contribution >= 0.6 is 0 Å². The molecule has 0 aromatic heterocycles. The SMILES string of the molecule is COc1ccc(CCNC(=O)c2cn(C)cc3c(=O)n(-c4ccccc4)nc2-3)cc1OC. The van der Waals surface area contributed by atoms with Gasteiger partial charge in [0.2, 0.25) is 0 Å². The summed E-state index contributed by atoms with van der Waals surface area (Å²) >= 11 is 0. The fraction of sp³-hybridized carbons (Fsp3) is 0.208. The third kappa shape index (κ3) is 4.07. The molecule has 0 bridgehead atoms. The van der Waals surface area contributed by atoms with E-state index in [0.717, 1.165) is 5.56 Å². The van der Waals surface area contributed by atoms with Gasteiger partial charge in [0.15, 0.2) is 11.5 Å². The van der Waals surface area contributed by atoms with Gasteiger partial charge >= 0.3 is 0 Å². The maximum atomic E-state index is 13.0. The first-order valence-electron chi connectivity index (χ1n) is 10.2. The first-order valence-corrected chi connectivity index (χ1v) is 10.2. The Morgan fingerprint density at radius 1 is 1.03 bits per heavy atom. The van der Waals surface area contributed by atoms with Crippen molar-refractivity contribution in [3.63, 3.8) is 0 Å². The summed E-state index contributed by atoms with van der Waals surface area (Å²) in [5, 5.41) is 7.38. The van der Waals surface area contributed by atoms with Gasteiger partial charge in [-0.3, -0.25) is 9.59 Å². The summed E-state index contributed by atoms with van der Waals surface area (Å²) in [5.41, 5.74) is 2.51. The van der Waals surface area contributed by atoms with E-state index in [-0.39, 0.29) is 11.5 Å². The minimum atomic E-state index is -0.288. The summed E-state index contributed by atoms with van der Waals surface area (Å²) in [6, 6.07) is 14.8. The number of benzene rings is 2. The number of amides is 1. The molecule has 2 aliphatic rings. The molecule has 2 aromatic carbocycles. The van der Waals surface area contributed by atoms with Gasteiger partial charge in [0.1, 0.15) is 5.69 Å². The zero-order chi connectivity index (χ0) is 22.7. The van der Waals surface area contributed by atoms with Gasteiger partial charge in [-0.2, -0.15) is 9.78 Å². The van der Waals surface area contributed by atoms with Crippen LogP contribution in [0.15, 0.2) is 65.7 Å². The van der Waals surface area contributed by atoms with Gasteiger partial charge < -0.3 is 19.4 Å². The molecular formula is C24H24N4O4. The molecule has 2 aliphatic heterocycles. The third-order valence-corrected chi connectivity index (χ3v) is 5.19. The minimum Gasteiger partial charge on any atom is -0.493 e. The number of pyridine rings is 1. The molecule has 2 heterocycles. The molecule has 32 heavy (non-hydrogen) atoms. The quantitative estimate of drug-likeness (QED) is 0.485. The van der Waals surface area contributed by atoms with E-state index in [4.69, 9.17) is 9.47 Å². The summed E-state index contributed by atoms with van der Waals surface area (Å²) in [7, 11) is 4.95. The van der Waals surface area contributed by atoms with Crippen molar-refractivity contribution in [1.29, 1.82) is 0 Å². The second kappa shape index (κ2) is 8.97. The molecular weight excluding hydrogens is 408 g/mol. The van der Waals surface area contributed by atoms with Crippen LogP contribution in [0.3, 0.4) is 0 Å². The molecule has 164 valence electrons. The van der Waals surface area contributed by atoms with E-state index >= 15 is 0 Å². The topological polar surface area (TPSA) is 87.4 Å². The summed E-state index contributed by atoms with van der Waals surface area (Å²) < 4.78 is 13.6. The van der Waals surface area contributed by atoms with Crippen LogP contribution in [0.25, 0.3) is 16.9 Å². The summed E-state index contributed by atoms with van der Waals surface area (Å²) in [4.78, 5) is 25.9. The number of ether oxygens (including phenoxy) is 2.